The normalized spacial score (nSPS) is 16.4. The fourth-order valence-electron chi connectivity index (χ4n) is 3.10. The van der Waals surface area contributed by atoms with Crippen LogP contribution in [0.3, 0.4) is 0 Å². The van der Waals surface area contributed by atoms with Crippen LogP contribution < -0.4 is 10.1 Å². The van der Waals surface area contributed by atoms with Gasteiger partial charge in [0.25, 0.3) is 5.91 Å². The summed E-state index contributed by atoms with van der Waals surface area (Å²) in [5, 5.41) is 2.47. The highest BCUT2D eigenvalue weighted by Crippen LogP contribution is 2.26. The van der Waals surface area contributed by atoms with E-state index in [2.05, 4.69) is 10.1 Å². The fourth-order valence-corrected chi connectivity index (χ4v) is 3.10. The number of anilines is 1. The third kappa shape index (κ3) is 7.45. The van der Waals surface area contributed by atoms with E-state index in [0.717, 1.165) is 12.1 Å². The van der Waals surface area contributed by atoms with E-state index < -0.39 is 41.4 Å². The van der Waals surface area contributed by atoms with Crippen molar-refractivity contribution in [3.63, 3.8) is 0 Å². The maximum absolute atomic E-state index is 12.4. The molecule has 0 saturated carbocycles. The van der Waals surface area contributed by atoms with Gasteiger partial charge in [-0.3, -0.25) is 14.4 Å². The van der Waals surface area contributed by atoms with Gasteiger partial charge in [0, 0.05) is 24.2 Å². The Morgan fingerprint density at radius 2 is 1.61 bits per heavy atom. The zero-order valence-corrected chi connectivity index (χ0v) is 17.9. The average Bonchev–Trinajstić information content (AvgIpc) is 2.67. The van der Waals surface area contributed by atoms with Crippen LogP contribution >= 0.6 is 0 Å². The van der Waals surface area contributed by atoms with Crippen LogP contribution in [0.1, 0.15) is 40.5 Å². The van der Waals surface area contributed by atoms with Crippen LogP contribution in [0.4, 0.5) is 18.9 Å². The lowest BCUT2D eigenvalue weighted by atomic mass is 9.91. The largest absolute Gasteiger partial charge is 0.573 e. The lowest BCUT2D eigenvalue weighted by Crippen LogP contribution is -2.45. The van der Waals surface area contributed by atoms with Gasteiger partial charge in [-0.1, -0.05) is 20.8 Å². The Kier molecular flexibility index (Phi) is 7.56. The quantitative estimate of drug-likeness (QED) is 0.700. The zero-order valence-electron chi connectivity index (χ0n) is 17.9. The first-order valence-electron chi connectivity index (χ1n) is 9.93. The molecule has 1 aliphatic rings. The summed E-state index contributed by atoms with van der Waals surface area (Å²) >= 11 is 0. The van der Waals surface area contributed by atoms with Crippen molar-refractivity contribution in [2.75, 3.05) is 18.4 Å². The van der Waals surface area contributed by atoms with Gasteiger partial charge in [0.1, 0.15) is 5.75 Å². The number of nitrogens with zero attached hydrogens (tertiary/aromatic N) is 1. The molecule has 0 radical (unpaired) electrons. The molecule has 0 bridgehead atoms. The number of hydrogen-bond donors (Lipinski definition) is 1. The minimum Gasteiger partial charge on any atom is -0.452 e. The molecule has 1 aliphatic heterocycles. The molecule has 2 amide bonds. The number of rotatable bonds is 5. The number of benzene rings is 1. The van der Waals surface area contributed by atoms with Gasteiger partial charge in [0.05, 0.1) is 5.92 Å². The van der Waals surface area contributed by atoms with Crippen molar-refractivity contribution >= 4 is 23.5 Å². The van der Waals surface area contributed by atoms with Crippen molar-refractivity contribution in [1.29, 1.82) is 0 Å². The van der Waals surface area contributed by atoms with Crippen molar-refractivity contribution in [3.05, 3.63) is 24.3 Å². The minimum atomic E-state index is -4.80. The van der Waals surface area contributed by atoms with Crippen LogP contribution in [0, 0.1) is 11.3 Å². The van der Waals surface area contributed by atoms with Crippen molar-refractivity contribution in [3.8, 4) is 5.75 Å². The Balaban J connectivity index is 1.82. The highest BCUT2D eigenvalue weighted by molar-refractivity contribution is 5.95. The first-order chi connectivity index (χ1) is 14.3. The van der Waals surface area contributed by atoms with E-state index in [9.17, 15) is 27.6 Å². The van der Waals surface area contributed by atoms with E-state index >= 15 is 0 Å². The lowest BCUT2D eigenvalue weighted by molar-refractivity contribution is -0.274. The molecule has 172 valence electrons. The van der Waals surface area contributed by atoms with Crippen molar-refractivity contribution in [1.82, 2.24) is 4.90 Å². The molecule has 1 N–H and O–H groups in total. The van der Waals surface area contributed by atoms with Gasteiger partial charge in [0.15, 0.2) is 6.10 Å². The molecule has 0 spiro atoms. The standard InChI is InChI=1S/C21H27F3N2O5/c1-13(17(27)25-15-5-7-16(8-6-15)31-21(22,23)24)30-18(28)14-9-11-26(12-10-14)19(29)20(2,3)4/h5-8,13-14H,9-12H2,1-4H3,(H,25,27). The van der Waals surface area contributed by atoms with Gasteiger partial charge in [-0.25, -0.2) is 0 Å². The predicted octanol–water partition coefficient (Wildman–Crippen LogP) is 3.74. The van der Waals surface area contributed by atoms with Gasteiger partial charge in [0.2, 0.25) is 5.91 Å². The second-order valence-electron chi connectivity index (χ2n) is 8.46. The Bertz CT molecular complexity index is 795. The smallest absolute Gasteiger partial charge is 0.452 e. The summed E-state index contributed by atoms with van der Waals surface area (Å²) in [6.45, 7) is 7.82. The van der Waals surface area contributed by atoms with Crippen LogP contribution in [0.2, 0.25) is 0 Å². The Hall–Kier alpha value is -2.78. The van der Waals surface area contributed by atoms with Crippen molar-refractivity contribution in [2.45, 2.75) is 53.0 Å². The van der Waals surface area contributed by atoms with Gasteiger partial charge in [-0.15, -0.1) is 13.2 Å². The van der Waals surface area contributed by atoms with Gasteiger partial charge < -0.3 is 19.7 Å². The molecular formula is C21H27F3N2O5. The van der Waals surface area contributed by atoms with Gasteiger partial charge >= 0.3 is 12.3 Å². The van der Waals surface area contributed by atoms with Crippen molar-refractivity contribution in [2.24, 2.45) is 11.3 Å². The molecule has 1 atom stereocenters. The predicted molar refractivity (Wildman–Crippen MR) is 106 cm³/mol. The van der Waals surface area contributed by atoms with E-state index in [1.165, 1.54) is 19.1 Å². The summed E-state index contributed by atoms with van der Waals surface area (Å²) in [4.78, 5) is 38.7. The van der Waals surface area contributed by atoms with E-state index in [1.54, 1.807) is 4.90 Å². The van der Waals surface area contributed by atoms with E-state index in [-0.39, 0.29) is 11.6 Å². The molecule has 10 heteroatoms. The SMILES string of the molecule is CC(OC(=O)C1CCN(C(=O)C(C)(C)C)CC1)C(=O)Nc1ccc(OC(F)(F)F)cc1. The number of amides is 2. The summed E-state index contributed by atoms with van der Waals surface area (Å²) in [6, 6.07) is 4.61. The van der Waals surface area contributed by atoms with E-state index in [4.69, 9.17) is 4.74 Å². The fraction of sp³-hybridized carbons (Fsp3) is 0.571. The molecule has 31 heavy (non-hydrogen) atoms. The molecule has 7 nitrogen and oxygen atoms in total. The minimum absolute atomic E-state index is 0.0266. The molecule has 2 rings (SSSR count). The maximum atomic E-state index is 12.4. The van der Waals surface area contributed by atoms with Gasteiger partial charge in [-0.2, -0.15) is 0 Å². The summed E-state index contributed by atoms with van der Waals surface area (Å²) < 4.78 is 45.6. The number of hydrogen-bond acceptors (Lipinski definition) is 5. The van der Waals surface area contributed by atoms with Crippen LogP contribution in [-0.2, 0) is 19.1 Å². The van der Waals surface area contributed by atoms with E-state index in [0.29, 0.717) is 25.9 Å². The second kappa shape index (κ2) is 9.57. The topological polar surface area (TPSA) is 84.9 Å². The molecule has 1 saturated heterocycles. The zero-order chi connectivity index (χ0) is 23.4. The molecule has 1 aromatic rings. The van der Waals surface area contributed by atoms with Gasteiger partial charge in [-0.05, 0) is 44.0 Å². The van der Waals surface area contributed by atoms with Crippen LogP contribution in [0.15, 0.2) is 24.3 Å². The number of carbonyl (C=O) groups excluding carboxylic acids is 3. The van der Waals surface area contributed by atoms with E-state index in [1.807, 2.05) is 20.8 Å². The lowest BCUT2D eigenvalue weighted by Gasteiger charge is -2.35. The molecular weight excluding hydrogens is 417 g/mol. The number of ether oxygens (including phenoxy) is 2. The third-order valence-electron chi connectivity index (χ3n) is 4.77. The monoisotopic (exact) mass is 444 g/mol. The average molecular weight is 444 g/mol. The van der Waals surface area contributed by atoms with Crippen LogP contribution in [-0.4, -0.2) is 48.2 Å². The molecule has 1 aromatic carbocycles. The number of halogens is 3. The molecule has 1 heterocycles. The Labute approximate surface area is 178 Å². The summed E-state index contributed by atoms with van der Waals surface area (Å²) in [7, 11) is 0. The first-order valence-corrected chi connectivity index (χ1v) is 9.93. The molecule has 0 aliphatic carbocycles. The number of piperidine rings is 1. The summed E-state index contributed by atoms with van der Waals surface area (Å²) in [6.07, 6.45) is -4.98. The summed E-state index contributed by atoms with van der Waals surface area (Å²) in [5.74, 6) is -1.92. The number of esters is 1. The Morgan fingerprint density at radius 1 is 1.06 bits per heavy atom. The van der Waals surface area contributed by atoms with Crippen LogP contribution in [0.5, 0.6) is 5.75 Å². The number of likely N-dealkylation sites (tertiary alicyclic amines) is 1. The first kappa shape index (κ1) is 24.5. The van der Waals surface area contributed by atoms with Crippen LogP contribution in [0.25, 0.3) is 0 Å². The Morgan fingerprint density at radius 3 is 2.10 bits per heavy atom. The highest BCUT2D eigenvalue weighted by Gasteiger charge is 2.34. The maximum Gasteiger partial charge on any atom is 0.573 e. The second-order valence-corrected chi connectivity index (χ2v) is 8.46. The molecule has 1 unspecified atom stereocenters. The summed E-state index contributed by atoms with van der Waals surface area (Å²) in [5.41, 5.74) is -0.256. The number of carbonyl (C=O) groups is 3. The molecule has 0 aromatic heterocycles. The number of nitrogens with one attached hydrogen (secondary N) is 1. The third-order valence-corrected chi connectivity index (χ3v) is 4.77. The number of alkyl halides is 3. The molecule has 1 fully saturated rings. The van der Waals surface area contributed by atoms with Crippen molar-refractivity contribution < 1.29 is 37.0 Å². The highest BCUT2D eigenvalue weighted by atomic mass is 19.4.